The van der Waals surface area contributed by atoms with Gasteiger partial charge in [0.1, 0.15) is 5.75 Å². The Morgan fingerprint density at radius 3 is 2.16 bits per heavy atom. The molecule has 0 spiro atoms. The van der Waals surface area contributed by atoms with E-state index in [1.54, 1.807) is 0 Å². The van der Waals surface area contributed by atoms with Crippen molar-refractivity contribution >= 4 is 23.0 Å². The van der Waals surface area contributed by atoms with Gasteiger partial charge in [-0.25, -0.2) is 0 Å². The highest BCUT2D eigenvalue weighted by Gasteiger charge is 2.36. The summed E-state index contributed by atoms with van der Waals surface area (Å²) in [5.74, 6) is -0.992. The first-order valence-corrected chi connectivity index (χ1v) is 4.93. The second-order valence-corrected chi connectivity index (χ2v) is 3.68. The van der Waals surface area contributed by atoms with Crippen LogP contribution in [0, 0.1) is 0 Å². The first-order chi connectivity index (χ1) is 8.49. The fourth-order valence-corrected chi connectivity index (χ4v) is 1.31. The van der Waals surface area contributed by atoms with Crippen molar-refractivity contribution in [1.29, 1.82) is 0 Å². The third-order valence-electron chi connectivity index (χ3n) is 1.79. The van der Waals surface area contributed by atoms with Gasteiger partial charge in [0.25, 0.3) is 0 Å². The molecule has 19 heavy (non-hydrogen) atoms. The summed E-state index contributed by atoms with van der Waals surface area (Å²) < 4.78 is 77.1. The second kappa shape index (κ2) is 5.11. The smallest absolute Gasteiger partial charge is 0.406 e. The Bertz CT molecular complexity index is 485. The van der Waals surface area contributed by atoms with Crippen LogP contribution in [0.3, 0.4) is 0 Å². The van der Waals surface area contributed by atoms with Crippen molar-refractivity contribution in [3.63, 3.8) is 0 Å². The van der Waals surface area contributed by atoms with E-state index >= 15 is 0 Å². The van der Waals surface area contributed by atoms with Crippen molar-refractivity contribution in [3.05, 3.63) is 23.8 Å². The number of thiocarbonyl (C=S) groups is 1. The third-order valence-corrected chi connectivity index (χ3v) is 1.89. The van der Waals surface area contributed by atoms with E-state index in [4.69, 9.17) is 5.73 Å². The van der Waals surface area contributed by atoms with Crippen LogP contribution in [-0.4, -0.2) is 11.5 Å². The van der Waals surface area contributed by atoms with E-state index in [0.29, 0.717) is 6.07 Å². The lowest BCUT2D eigenvalue weighted by molar-refractivity contribution is -0.274. The van der Waals surface area contributed by atoms with Crippen LogP contribution in [0.4, 0.5) is 32.0 Å². The molecule has 1 rings (SSSR count). The number of halogens is 6. The zero-order chi connectivity index (χ0) is 14.8. The van der Waals surface area contributed by atoms with Gasteiger partial charge in [0, 0.05) is 0 Å². The molecule has 0 saturated heterocycles. The van der Waals surface area contributed by atoms with Gasteiger partial charge in [-0.1, -0.05) is 0 Å². The van der Waals surface area contributed by atoms with Crippen molar-refractivity contribution in [2.24, 2.45) is 5.73 Å². The minimum atomic E-state index is -5.08. The van der Waals surface area contributed by atoms with Gasteiger partial charge in [-0.2, -0.15) is 13.2 Å². The summed E-state index contributed by atoms with van der Waals surface area (Å²) in [6, 6.07) is 1.65. The number of rotatable bonds is 2. The number of hydrogen-bond donors (Lipinski definition) is 2. The molecule has 1 aromatic carbocycles. The minimum Gasteiger partial charge on any atom is -0.406 e. The van der Waals surface area contributed by atoms with Gasteiger partial charge in [0.05, 0.1) is 11.3 Å². The minimum absolute atomic E-state index is 0.202. The van der Waals surface area contributed by atoms with Crippen LogP contribution in [0.5, 0.6) is 5.75 Å². The number of hydrogen-bond acceptors (Lipinski definition) is 2. The van der Waals surface area contributed by atoms with Gasteiger partial charge in [0.15, 0.2) is 5.11 Å². The normalized spacial score (nSPS) is 12.1. The number of benzene rings is 1. The van der Waals surface area contributed by atoms with Crippen LogP contribution in [0.15, 0.2) is 18.2 Å². The monoisotopic (exact) mass is 304 g/mol. The molecule has 3 N–H and O–H groups in total. The zero-order valence-electron chi connectivity index (χ0n) is 8.89. The van der Waals surface area contributed by atoms with Crippen molar-refractivity contribution in [2.75, 3.05) is 5.32 Å². The number of anilines is 1. The maximum absolute atomic E-state index is 12.7. The van der Waals surface area contributed by atoms with Crippen LogP contribution in [0.25, 0.3) is 0 Å². The fourth-order valence-electron chi connectivity index (χ4n) is 1.20. The Kier molecular flexibility index (Phi) is 4.13. The summed E-state index contributed by atoms with van der Waals surface area (Å²) in [4.78, 5) is 0. The van der Waals surface area contributed by atoms with Gasteiger partial charge in [-0.15, -0.1) is 13.2 Å². The zero-order valence-corrected chi connectivity index (χ0v) is 9.71. The Balaban J connectivity index is 3.19. The van der Waals surface area contributed by atoms with Crippen LogP contribution in [-0.2, 0) is 6.18 Å². The molecule has 0 fully saturated rings. The average molecular weight is 304 g/mol. The number of alkyl halides is 6. The Morgan fingerprint density at radius 1 is 1.16 bits per heavy atom. The Labute approximate surface area is 108 Å². The summed E-state index contributed by atoms with van der Waals surface area (Å²) in [5.41, 5.74) is 3.08. The molecule has 0 aliphatic carbocycles. The molecule has 0 aromatic heterocycles. The maximum atomic E-state index is 12.7. The van der Waals surface area contributed by atoms with Gasteiger partial charge < -0.3 is 15.8 Å². The highest BCUT2D eigenvalue weighted by Crippen LogP contribution is 2.38. The lowest BCUT2D eigenvalue weighted by Gasteiger charge is -2.16. The molecule has 0 saturated carbocycles. The van der Waals surface area contributed by atoms with E-state index in [2.05, 4.69) is 17.0 Å². The molecule has 3 nitrogen and oxygen atoms in total. The first-order valence-electron chi connectivity index (χ1n) is 4.52. The number of ether oxygens (including phenoxy) is 1. The lowest BCUT2D eigenvalue weighted by Crippen LogP contribution is -2.22. The largest absolute Gasteiger partial charge is 0.573 e. The molecular weight excluding hydrogens is 298 g/mol. The van der Waals surface area contributed by atoms with E-state index in [0.717, 1.165) is 6.07 Å². The molecule has 1 aromatic rings. The highest BCUT2D eigenvalue weighted by molar-refractivity contribution is 7.80. The van der Waals surface area contributed by atoms with E-state index in [9.17, 15) is 26.3 Å². The third kappa shape index (κ3) is 4.81. The molecule has 0 bridgehead atoms. The molecule has 0 unspecified atom stereocenters. The second-order valence-electron chi connectivity index (χ2n) is 3.24. The first kappa shape index (κ1) is 15.3. The van der Waals surface area contributed by atoms with Crippen molar-refractivity contribution < 1.29 is 31.1 Å². The van der Waals surface area contributed by atoms with E-state index in [1.807, 2.05) is 5.32 Å². The molecule has 0 atom stereocenters. The molecule has 106 valence electrons. The predicted octanol–water partition coefficient (Wildman–Crippen LogP) is 3.26. The quantitative estimate of drug-likeness (QED) is 0.650. The van der Waals surface area contributed by atoms with Gasteiger partial charge in [0.2, 0.25) is 0 Å². The van der Waals surface area contributed by atoms with Crippen molar-refractivity contribution in [1.82, 2.24) is 0 Å². The average Bonchev–Trinajstić information content (AvgIpc) is 2.15. The van der Waals surface area contributed by atoms with Crippen LogP contribution < -0.4 is 15.8 Å². The van der Waals surface area contributed by atoms with E-state index < -0.39 is 34.7 Å². The molecule has 0 aliphatic heterocycles. The standard InChI is InChI=1S/C9H6F6N2OS/c10-8(11,12)5-3-4(18-9(13,14)15)1-2-6(5)17-7(16)19/h1-3H,(H3,16,17,19). The number of nitrogens with two attached hydrogens (primary N) is 1. The Hall–Kier alpha value is -1.71. The van der Waals surface area contributed by atoms with Crippen LogP contribution in [0.2, 0.25) is 0 Å². The van der Waals surface area contributed by atoms with E-state index in [1.165, 1.54) is 0 Å². The molecule has 10 heteroatoms. The van der Waals surface area contributed by atoms with Crippen LogP contribution in [0.1, 0.15) is 5.56 Å². The molecule has 0 amide bonds. The van der Waals surface area contributed by atoms with Crippen molar-refractivity contribution in [2.45, 2.75) is 12.5 Å². The predicted molar refractivity (Wildman–Crippen MR) is 58.5 cm³/mol. The maximum Gasteiger partial charge on any atom is 0.573 e. The van der Waals surface area contributed by atoms with Gasteiger partial charge >= 0.3 is 12.5 Å². The summed E-state index contributed by atoms with van der Waals surface area (Å²) >= 11 is 4.37. The lowest BCUT2D eigenvalue weighted by atomic mass is 10.1. The van der Waals surface area contributed by atoms with Crippen molar-refractivity contribution in [3.8, 4) is 5.75 Å². The summed E-state index contributed by atoms with van der Waals surface area (Å²) in [6.07, 6.45) is -9.97. The molecular formula is C9H6F6N2OS. The summed E-state index contributed by atoms with van der Waals surface area (Å²) in [5, 5.41) is 1.57. The summed E-state index contributed by atoms with van der Waals surface area (Å²) in [7, 11) is 0. The Morgan fingerprint density at radius 2 is 1.74 bits per heavy atom. The summed E-state index contributed by atoms with van der Waals surface area (Å²) in [6.45, 7) is 0. The van der Waals surface area contributed by atoms with E-state index in [-0.39, 0.29) is 6.07 Å². The highest BCUT2D eigenvalue weighted by atomic mass is 32.1. The van der Waals surface area contributed by atoms with Gasteiger partial charge in [-0.3, -0.25) is 0 Å². The van der Waals surface area contributed by atoms with Gasteiger partial charge in [-0.05, 0) is 30.4 Å². The molecule has 0 radical (unpaired) electrons. The molecule has 0 aliphatic rings. The SMILES string of the molecule is NC(=S)Nc1ccc(OC(F)(F)F)cc1C(F)(F)F. The number of nitrogens with one attached hydrogen (secondary N) is 1. The van der Waals surface area contributed by atoms with Crippen LogP contribution >= 0.6 is 12.2 Å². The molecule has 0 heterocycles. The topological polar surface area (TPSA) is 47.3 Å². The fraction of sp³-hybridized carbons (Fsp3) is 0.222.